The highest BCUT2D eigenvalue weighted by molar-refractivity contribution is 5.84. The third-order valence-electron chi connectivity index (χ3n) is 9.73. The van der Waals surface area contributed by atoms with Crippen LogP contribution in [0.5, 0.6) is 11.5 Å². The number of rotatable bonds is 14. The van der Waals surface area contributed by atoms with E-state index in [2.05, 4.69) is 114 Å². The van der Waals surface area contributed by atoms with Crippen molar-refractivity contribution in [3.05, 3.63) is 70.3 Å². The lowest BCUT2D eigenvalue weighted by Gasteiger charge is -2.31. The summed E-state index contributed by atoms with van der Waals surface area (Å²) in [6, 6.07) is 8.82. The van der Waals surface area contributed by atoms with Gasteiger partial charge < -0.3 is 9.84 Å². The molecule has 0 aliphatic heterocycles. The molecule has 0 aliphatic carbocycles. The molecular formula is C38H58O3. The average molecular weight is 563 g/mol. The normalized spacial score (nSPS) is 12.9. The van der Waals surface area contributed by atoms with Crippen LogP contribution in [-0.4, -0.2) is 11.1 Å². The first kappa shape index (κ1) is 34.7. The van der Waals surface area contributed by atoms with Crippen molar-refractivity contribution in [2.45, 2.75) is 139 Å². The third kappa shape index (κ3) is 8.72. The quantitative estimate of drug-likeness (QED) is 0.141. The van der Waals surface area contributed by atoms with Gasteiger partial charge in [0, 0.05) is 29.2 Å². The second-order valence-corrected chi connectivity index (χ2v) is 14.9. The standard InChI is InChI=1S/C38H58O3/c1-14-32(39)41-34-29(20-27(25-36(8,9)16-3)22-31(34)38(12,13)18-5)23-28-19-26(24-35(6,7)15-2)21-30(33(28)40)37(10,11)17-4/h14,19-22,40H,1,15-18,23-25H2,2-13H3. The molecule has 0 fully saturated rings. The van der Waals surface area contributed by atoms with Crippen molar-refractivity contribution in [2.24, 2.45) is 10.8 Å². The van der Waals surface area contributed by atoms with Gasteiger partial charge in [0.2, 0.25) is 0 Å². The lowest BCUT2D eigenvalue weighted by Crippen LogP contribution is -2.22. The Hall–Kier alpha value is -2.55. The van der Waals surface area contributed by atoms with E-state index in [1.165, 1.54) is 17.2 Å². The summed E-state index contributed by atoms with van der Waals surface area (Å²) in [6.45, 7) is 30.5. The largest absolute Gasteiger partial charge is 0.507 e. The van der Waals surface area contributed by atoms with Gasteiger partial charge in [-0.15, -0.1) is 0 Å². The van der Waals surface area contributed by atoms with Crippen LogP contribution < -0.4 is 4.74 Å². The number of aromatic hydroxyl groups is 1. The smallest absolute Gasteiger partial charge is 0.335 e. The number of carbonyl (C=O) groups excluding carboxylic acids is 1. The molecule has 0 aromatic heterocycles. The molecule has 3 nitrogen and oxygen atoms in total. The molecule has 2 rings (SSSR count). The molecule has 0 spiro atoms. The molecule has 0 radical (unpaired) electrons. The molecular weight excluding hydrogens is 504 g/mol. The van der Waals surface area contributed by atoms with Gasteiger partial charge in [0.25, 0.3) is 0 Å². The Morgan fingerprint density at radius 2 is 1.17 bits per heavy atom. The van der Waals surface area contributed by atoms with Gasteiger partial charge in [0.15, 0.2) is 0 Å². The Kier molecular flexibility index (Phi) is 11.1. The van der Waals surface area contributed by atoms with Crippen molar-refractivity contribution >= 4 is 5.97 Å². The minimum absolute atomic E-state index is 0.135. The van der Waals surface area contributed by atoms with Crippen LogP contribution in [0.3, 0.4) is 0 Å². The van der Waals surface area contributed by atoms with Crippen LogP contribution in [0, 0.1) is 10.8 Å². The Morgan fingerprint density at radius 1 is 0.732 bits per heavy atom. The molecule has 0 bridgehead atoms. The zero-order valence-electron chi connectivity index (χ0n) is 28.3. The zero-order chi connectivity index (χ0) is 31.4. The molecule has 3 heteroatoms. The lowest BCUT2D eigenvalue weighted by atomic mass is 9.75. The zero-order valence-corrected chi connectivity index (χ0v) is 28.3. The average Bonchev–Trinajstić information content (AvgIpc) is 2.90. The van der Waals surface area contributed by atoms with Gasteiger partial charge in [-0.3, -0.25) is 0 Å². The highest BCUT2D eigenvalue weighted by Crippen LogP contribution is 2.43. The molecule has 2 aromatic carbocycles. The lowest BCUT2D eigenvalue weighted by molar-refractivity contribution is -0.129. The van der Waals surface area contributed by atoms with Crippen LogP contribution in [0.25, 0.3) is 0 Å². The first-order chi connectivity index (χ1) is 18.8. The van der Waals surface area contributed by atoms with Gasteiger partial charge in [-0.1, -0.05) is 127 Å². The van der Waals surface area contributed by atoms with Crippen LogP contribution in [-0.2, 0) is 34.9 Å². The number of esters is 1. The maximum atomic E-state index is 12.7. The van der Waals surface area contributed by atoms with E-state index in [0.717, 1.165) is 60.8 Å². The summed E-state index contributed by atoms with van der Waals surface area (Å²) >= 11 is 0. The number of benzene rings is 2. The summed E-state index contributed by atoms with van der Waals surface area (Å²) < 4.78 is 6.05. The fraction of sp³-hybridized carbons (Fsp3) is 0.605. The van der Waals surface area contributed by atoms with Crippen LogP contribution in [0.2, 0.25) is 0 Å². The monoisotopic (exact) mass is 562 g/mol. The van der Waals surface area contributed by atoms with Gasteiger partial charge in [0.1, 0.15) is 11.5 Å². The maximum absolute atomic E-state index is 12.7. The molecule has 41 heavy (non-hydrogen) atoms. The van der Waals surface area contributed by atoms with Crippen molar-refractivity contribution in [1.29, 1.82) is 0 Å². The number of ether oxygens (including phenoxy) is 1. The number of phenols is 1. The van der Waals surface area contributed by atoms with Gasteiger partial charge in [-0.25, -0.2) is 4.79 Å². The fourth-order valence-corrected chi connectivity index (χ4v) is 5.21. The summed E-state index contributed by atoms with van der Waals surface area (Å²) in [6.07, 6.45) is 7.51. The summed E-state index contributed by atoms with van der Waals surface area (Å²) in [5.41, 5.74) is 6.22. The van der Waals surface area contributed by atoms with Crippen molar-refractivity contribution < 1.29 is 14.6 Å². The van der Waals surface area contributed by atoms with E-state index in [-0.39, 0.29) is 21.7 Å². The van der Waals surface area contributed by atoms with Crippen LogP contribution in [0.1, 0.15) is 142 Å². The number of phenolic OH excluding ortho intramolecular Hbond substituents is 1. The van der Waals surface area contributed by atoms with E-state index >= 15 is 0 Å². The van der Waals surface area contributed by atoms with E-state index in [9.17, 15) is 9.90 Å². The second kappa shape index (κ2) is 13.2. The Labute approximate surface area is 251 Å². The van der Waals surface area contributed by atoms with E-state index in [1.54, 1.807) is 0 Å². The molecule has 0 saturated heterocycles. The Balaban J connectivity index is 2.92. The van der Waals surface area contributed by atoms with Gasteiger partial charge >= 0.3 is 5.97 Å². The predicted molar refractivity (Wildman–Crippen MR) is 175 cm³/mol. The predicted octanol–water partition coefficient (Wildman–Crippen LogP) is 10.4. The van der Waals surface area contributed by atoms with E-state index < -0.39 is 5.97 Å². The molecule has 228 valence electrons. The SMILES string of the molecule is C=CC(=O)Oc1c(Cc2cc(CC(C)(C)CC)cc(C(C)(C)CC)c2O)cc(CC(C)(C)CC)cc1C(C)(C)CC. The summed E-state index contributed by atoms with van der Waals surface area (Å²) in [4.78, 5) is 12.7. The fourth-order valence-electron chi connectivity index (χ4n) is 5.21. The van der Waals surface area contributed by atoms with Crippen molar-refractivity contribution in [3.8, 4) is 11.5 Å². The van der Waals surface area contributed by atoms with Crippen molar-refractivity contribution in [2.75, 3.05) is 0 Å². The van der Waals surface area contributed by atoms with E-state index in [4.69, 9.17) is 4.74 Å². The first-order valence-corrected chi connectivity index (χ1v) is 15.7. The summed E-state index contributed by atoms with van der Waals surface area (Å²) in [7, 11) is 0. The van der Waals surface area contributed by atoms with Gasteiger partial charge in [-0.2, -0.15) is 0 Å². The molecule has 0 heterocycles. The molecule has 1 N–H and O–H groups in total. The third-order valence-corrected chi connectivity index (χ3v) is 9.73. The van der Waals surface area contributed by atoms with Crippen molar-refractivity contribution in [3.63, 3.8) is 0 Å². The topological polar surface area (TPSA) is 46.5 Å². The van der Waals surface area contributed by atoms with Crippen LogP contribution in [0.4, 0.5) is 0 Å². The maximum Gasteiger partial charge on any atom is 0.335 e. The molecule has 0 atom stereocenters. The molecule has 2 aromatic rings. The highest BCUT2D eigenvalue weighted by atomic mass is 16.5. The molecule has 0 amide bonds. The Morgan fingerprint density at radius 3 is 1.61 bits per heavy atom. The Bertz CT molecular complexity index is 1230. The summed E-state index contributed by atoms with van der Waals surface area (Å²) in [5.74, 6) is 0.498. The molecule has 0 aliphatic rings. The van der Waals surface area contributed by atoms with Gasteiger partial charge in [-0.05, 0) is 64.0 Å². The number of hydrogen-bond donors (Lipinski definition) is 1. The summed E-state index contributed by atoms with van der Waals surface area (Å²) in [5, 5.41) is 11.8. The van der Waals surface area contributed by atoms with Crippen molar-refractivity contribution in [1.82, 2.24) is 0 Å². The van der Waals surface area contributed by atoms with Crippen LogP contribution >= 0.6 is 0 Å². The molecule has 0 unspecified atom stereocenters. The minimum Gasteiger partial charge on any atom is -0.507 e. The van der Waals surface area contributed by atoms with Gasteiger partial charge in [0.05, 0.1) is 0 Å². The number of carbonyl (C=O) groups is 1. The highest BCUT2D eigenvalue weighted by Gasteiger charge is 2.30. The molecule has 0 saturated carbocycles. The second-order valence-electron chi connectivity index (χ2n) is 14.9. The number of hydrogen-bond acceptors (Lipinski definition) is 3. The van der Waals surface area contributed by atoms with E-state index in [1.807, 2.05) is 0 Å². The van der Waals surface area contributed by atoms with E-state index in [0.29, 0.717) is 17.9 Å². The van der Waals surface area contributed by atoms with Crippen LogP contribution in [0.15, 0.2) is 36.9 Å². The first-order valence-electron chi connectivity index (χ1n) is 15.7. The minimum atomic E-state index is -0.462.